The lowest BCUT2D eigenvalue weighted by Gasteiger charge is -2.46. The van der Waals surface area contributed by atoms with E-state index in [1.54, 1.807) is 14.2 Å². The molecule has 2 aromatic rings. The number of ether oxygens (including phenoxy) is 2. The Balaban J connectivity index is 1.29. The lowest BCUT2D eigenvalue weighted by Crippen LogP contribution is -2.56. The third-order valence-electron chi connectivity index (χ3n) is 7.96. The monoisotopic (exact) mass is 508 g/mol. The number of nitrogens with one attached hydrogen (secondary N) is 1. The van der Waals surface area contributed by atoms with Crippen molar-refractivity contribution >= 4 is 5.91 Å². The van der Waals surface area contributed by atoms with E-state index in [0.717, 1.165) is 75.7 Å². The maximum absolute atomic E-state index is 12.8. The van der Waals surface area contributed by atoms with Crippen molar-refractivity contribution in [3.05, 3.63) is 59.7 Å². The van der Waals surface area contributed by atoms with Crippen LogP contribution < -0.4 is 14.8 Å². The average molecular weight is 509 g/mol. The van der Waals surface area contributed by atoms with Crippen LogP contribution in [-0.4, -0.2) is 93.7 Å². The lowest BCUT2D eigenvalue weighted by atomic mass is 9.86. The number of amides is 1. The SMILES string of the molecule is COc1ccc(CCNC(=O)CC[C@@H]2CN(Cc3ccccc3)CC[C@@H]2N2CCN(C)CC2)cc1OC. The Labute approximate surface area is 222 Å². The minimum absolute atomic E-state index is 0.151. The Morgan fingerprint density at radius 1 is 0.946 bits per heavy atom. The summed E-state index contributed by atoms with van der Waals surface area (Å²) >= 11 is 0. The summed E-state index contributed by atoms with van der Waals surface area (Å²) in [4.78, 5) is 20.5. The normalized spacial score (nSPS) is 21.5. The average Bonchev–Trinajstić information content (AvgIpc) is 2.93. The van der Waals surface area contributed by atoms with E-state index in [0.29, 0.717) is 24.9 Å². The van der Waals surface area contributed by atoms with E-state index in [-0.39, 0.29) is 5.91 Å². The van der Waals surface area contributed by atoms with Gasteiger partial charge in [-0.25, -0.2) is 0 Å². The van der Waals surface area contributed by atoms with Gasteiger partial charge in [-0.1, -0.05) is 36.4 Å². The maximum atomic E-state index is 12.8. The van der Waals surface area contributed by atoms with Gasteiger partial charge in [-0.15, -0.1) is 0 Å². The Kier molecular flexibility index (Phi) is 10.2. The summed E-state index contributed by atoms with van der Waals surface area (Å²) in [6.07, 6.45) is 3.47. The second kappa shape index (κ2) is 13.8. The highest BCUT2D eigenvalue weighted by Gasteiger charge is 2.34. The van der Waals surface area contributed by atoms with Gasteiger partial charge in [0.15, 0.2) is 11.5 Å². The number of hydrogen-bond acceptors (Lipinski definition) is 6. The molecular formula is C30H44N4O3. The predicted octanol–water partition coefficient (Wildman–Crippen LogP) is 3.28. The first kappa shape index (κ1) is 27.4. The zero-order chi connectivity index (χ0) is 26.0. The Morgan fingerprint density at radius 2 is 1.70 bits per heavy atom. The highest BCUT2D eigenvalue weighted by molar-refractivity contribution is 5.75. The fourth-order valence-electron chi connectivity index (χ4n) is 5.79. The Hall–Kier alpha value is -2.61. The first-order valence-corrected chi connectivity index (χ1v) is 13.7. The van der Waals surface area contributed by atoms with Gasteiger partial charge in [-0.05, 0) is 62.0 Å². The minimum atomic E-state index is 0.151. The number of nitrogens with zero attached hydrogens (tertiary/aromatic N) is 3. The van der Waals surface area contributed by atoms with E-state index in [1.807, 2.05) is 18.2 Å². The first-order valence-electron chi connectivity index (χ1n) is 13.7. The second-order valence-corrected chi connectivity index (χ2v) is 10.5. The van der Waals surface area contributed by atoms with Gasteiger partial charge < -0.3 is 19.7 Å². The summed E-state index contributed by atoms with van der Waals surface area (Å²) in [5.41, 5.74) is 2.49. The number of likely N-dealkylation sites (tertiary alicyclic amines) is 1. The highest BCUT2D eigenvalue weighted by Crippen LogP contribution is 2.29. The Morgan fingerprint density at radius 3 is 2.43 bits per heavy atom. The van der Waals surface area contributed by atoms with E-state index < -0.39 is 0 Å². The third kappa shape index (κ3) is 7.94. The molecule has 1 N–H and O–H groups in total. The summed E-state index contributed by atoms with van der Waals surface area (Å²) in [5.74, 6) is 2.10. The number of carbonyl (C=O) groups is 1. The molecule has 2 heterocycles. The van der Waals surface area contributed by atoms with Crippen LogP contribution in [0.15, 0.2) is 48.5 Å². The third-order valence-corrected chi connectivity index (χ3v) is 7.96. The minimum Gasteiger partial charge on any atom is -0.493 e. The molecule has 0 radical (unpaired) electrons. The summed E-state index contributed by atoms with van der Waals surface area (Å²) in [5, 5.41) is 3.14. The van der Waals surface area contributed by atoms with E-state index in [9.17, 15) is 4.79 Å². The van der Waals surface area contributed by atoms with Gasteiger partial charge >= 0.3 is 0 Å². The molecule has 37 heavy (non-hydrogen) atoms. The molecule has 1 amide bonds. The first-order chi connectivity index (χ1) is 18.1. The molecule has 2 aliphatic rings. The maximum Gasteiger partial charge on any atom is 0.220 e. The molecule has 7 nitrogen and oxygen atoms in total. The molecule has 0 aromatic heterocycles. The standard InChI is InChI=1S/C30H44N4O3/c1-32-17-19-34(20-18-32)27-14-16-33(22-25-7-5-4-6-8-25)23-26(27)10-12-30(35)31-15-13-24-9-11-28(36-2)29(21-24)37-3/h4-9,11,21,26-27H,10,12-20,22-23H2,1-3H3,(H,31,35)/t26-,27+/m1/s1. The molecule has 4 rings (SSSR count). The van der Waals surface area contributed by atoms with Crippen molar-refractivity contribution < 1.29 is 14.3 Å². The number of rotatable bonds is 11. The fourth-order valence-corrected chi connectivity index (χ4v) is 5.79. The number of benzene rings is 2. The molecule has 2 aromatic carbocycles. The number of likely N-dealkylation sites (N-methyl/N-ethyl adjacent to an activating group) is 1. The highest BCUT2D eigenvalue weighted by atomic mass is 16.5. The van der Waals surface area contributed by atoms with Gasteiger partial charge in [-0.2, -0.15) is 0 Å². The summed E-state index contributed by atoms with van der Waals surface area (Å²) in [6.45, 7) is 8.33. The van der Waals surface area contributed by atoms with Crippen molar-refractivity contribution in [3.8, 4) is 11.5 Å². The van der Waals surface area contributed by atoms with Crippen molar-refractivity contribution in [2.24, 2.45) is 5.92 Å². The quantitative estimate of drug-likeness (QED) is 0.503. The Bertz CT molecular complexity index is 978. The van der Waals surface area contributed by atoms with E-state index in [2.05, 4.69) is 57.4 Å². The molecule has 7 heteroatoms. The molecule has 2 atom stereocenters. The largest absolute Gasteiger partial charge is 0.493 e. The van der Waals surface area contributed by atoms with Crippen LogP contribution in [0, 0.1) is 5.92 Å². The van der Waals surface area contributed by atoms with Crippen molar-refractivity contribution in [1.29, 1.82) is 0 Å². The smallest absolute Gasteiger partial charge is 0.220 e. The molecule has 0 spiro atoms. The zero-order valence-electron chi connectivity index (χ0n) is 22.8. The van der Waals surface area contributed by atoms with E-state index >= 15 is 0 Å². The summed E-state index contributed by atoms with van der Waals surface area (Å²) in [7, 11) is 5.49. The van der Waals surface area contributed by atoms with Crippen LogP contribution in [0.4, 0.5) is 0 Å². The number of hydrogen-bond donors (Lipinski definition) is 1. The van der Waals surface area contributed by atoms with Crippen LogP contribution in [-0.2, 0) is 17.8 Å². The van der Waals surface area contributed by atoms with Gasteiger partial charge in [0, 0.05) is 58.3 Å². The van der Waals surface area contributed by atoms with Crippen molar-refractivity contribution in [2.75, 3.05) is 67.1 Å². The second-order valence-electron chi connectivity index (χ2n) is 10.5. The van der Waals surface area contributed by atoms with Gasteiger partial charge in [0.05, 0.1) is 14.2 Å². The van der Waals surface area contributed by atoms with Crippen molar-refractivity contribution in [3.63, 3.8) is 0 Å². The lowest BCUT2D eigenvalue weighted by molar-refractivity contribution is -0.121. The molecule has 0 unspecified atom stereocenters. The number of piperidine rings is 1. The topological polar surface area (TPSA) is 57.3 Å². The van der Waals surface area contributed by atoms with Crippen LogP contribution in [0.5, 0.6) is 11.5 Å². The molecule has 2 aliphatic heterocycles. The predicted molar refractivity (Wildman–Crippen MR) is 148 cm³/mol. The zero-order valence-corrected chi connectivity index (χ0v) is 22.8. The number of methoxy groups -OCH3 is 2. The van der Waals surface area contributed by atoms with Gasteiger partial charge in [0.1, 0.15) is 0 Å². The van der Waals surface area contributed by atoms with Gasteiger partial charge in [0.25, 0.3) is 0 Å². The molecule has 2 fully saturated rings. The van der Waals surface area contributed by atoms with Crippen molar-refractivity contribution in [1.82, 2.24) is 20.0 Å². The van der Waals surface area contributed by atoms with Crippen LogP contribution >= 0.6 is 0 Å². The van der Waals surface area contributed by atoms with Crippen molar-refractivity contribution in [2.45, 2.75) is 38.3 Å². The van der Waals surface area contributed by atoms with E-state index in [1.165, 1.54) is 12.0 Å². The molecule has 0 saturated carbocycles. The molecule has 0 bridgehead atoms. The summed E-state index contributed by atoms with van der Waals surface area (Å²) in [6, 6.07) is 17.2. The van der Waals surface area contributed by atoms with Crippen LogP contribution in [0.25, 0.3) is 0 Å². The molecule has 202 valence electrons. The van der Waals surface area contributed by atoms with E-state index in [4.69, 9.17) is 9.47 Å². The van der Waals surface area contributed by atoms with Gasteiger partial charge in [0.2, 0.25) is 5.91 Å². The molecular weight excluding hydrogens is 464 g/mol. The van der Waals surface area contributed by atoms with Crippen LogP contribution in [0.1, 0.15) is 30.4 Å². The fraction of sp³-hybridized carbons (Fsp3) is 0.567. The molecule has 0 aliphatic carbocycles. The number of piperazine rings is 1. The van der Waals surface area contributed by atoms with Gasteiger partial charge in [-0.3, -0.25) is 14.6 Å². The number of carbonyl (C=O) groups excluding carboxylic acids is 1. The van der Waals surface area contributed by atoms with Crippen LogP contribution in [0.3, 0.4) is 0 Å². The molecule has 2 saturated heterocycles. The van der Waals surface area contributed by atoms with Crippen LogP contribution in [0.2, 0.25) is 0 Å². The summed E-state index contributed by atoms with van der Waals surface area (Å²) < 4.78 is 10.7.